The van der Waals surface area contributed by atoms with E-state index >= 15 is 0 Å². The Hall–Kier alpha value is -1.30. The fourth-order valence-electron chi connectivity index (χ4n) is 2.31. The summed E-state index contributed by atoms with van der Waals surface area (Å²) in [7, 11) is 0. The fourth-order valence-corrected chi connectivity index (χ4v) is 2.69. The Labute approximate surface area is 159 Å². The van der Waals surface area contributed by atoms with Crippen molar-refractivity contribution in [1.82, 2.24) is 10.6 Å². The van der Waals surface area contributed by atoms with E-state index in [-0.39, 0.29) is 6.10 Å². The van der Waals surface area contributed by atoms with Crippen LogP contribution in [0.25, 0.3) is 0 Å². The minimum atomic E-state index is -0.335. The van der Waals surface area contributed by atoms with Crippen LogP contribution in [0.1, 0.15) is 18.1 Å². The molecule has 0 radical (unpaired) electrons. The third kappa shape index (κ3) is 7.22. The number of hydrogen-bond acceptors (Lipinski definition) is 4. The molecule has 0 heterocycles. The number of halogens is 2. The van der Waals surface area contributed by atoms with Crippen molar-refractivity contribution in [3.63, 3.8) is 0 Å². The molecule has 25 heavy (non-hydrogen) atoms. The summed E-state index contributed by atoms with van der Waals surface area (Å²) in [5.41, 5.74) is 1.94. The first-order valence-electron chi connectivity index (χ1n) is 8.30. The summed E-state index contributed by atoms with van der Waals surface area (Å²) in [5.74, 6) is 0.786. The summed E-state index contributed by atoms with van der Waals surface area (Å²) in [4.78, 5) is 0. The predicted octanol–water partition coefficient (Wildman–Crippen LogP) is 3.63. The Bertz CT molecular complexity index is 666. The van der Waals surface area contributed by atoms with Crippen molar-refractivity contribution in [2.45, 2.75) is 26.2 Å². The third-order valence-electron chi connectivity index (χ3n) is 3.60. The second-order valence-corrected chi connectivity index (χ2v) is 6.71. The lowest BCUT2D eigenvalue weighted by molar-refractivity contribution is 0.191. The number of rotatable bonds is 10. The van der Waals surface area contributed by atoms with Crippen LogP contribution < -0.4 is 15.4 Å². The molecule has 0 saturated heterocycles. The van der Waals surface area contributed by atoms with Gasteiger partial charge in [-0.2, -0.15) is 0 Å². The topological polar surface area (TPSA) is 53.5 Å². The van der Waals surface area contributed by atoms with Crippen molar-refractivity contribution < 1.29 is 9.84 Å². The Kier molecular flexibility index (Phi) is 8.52. The third-order valence-corrected chi connectivity index (χ3v) is 4.20. The van der Waals surface area contributed by atoms with Gasteiger partial charge in [-0.3, -0.25) is 0 Å². The van der Waals surface area contributed by atoms with Gasteiger partial charge in [-0.25, -0.2) is 0 Å². The van der Waals surface area contributed by atoms with Gasteiger partial charge in [-0.05, 0) is 31.2 Å². The fraction of sp³-hybridized carbons (Fsp3) is 0.368. The SMILES string of the molecule is C[C@@H](O)CNCCNCc1cc(Cl)ccc1OCc1ccccc1Cl. The van der Waals surface area contributed by atoms with Gasteiger partial charge in [-0.1, -0.05) is 41.4 Å². The highest BCUT2D eigenvalue weighted by Gasteiger charge is 2.07. The molecule has 4 nitrogen and oxygen atoms in total. The van der Waals surface area contributed by atoms with E-state index in [9.17, 15) is 5.11 Å². The van der Waals surface area contributed by atoms with Crippen LogP contribution in [0.4, 0.5) is 0 Å². The number of nitrogens with one attached hydrogen (secondary N) is 2. The normalized spacial score (nSPS) is 12.2. The van der Waals surface area contributed by atoms with Crippen LogP contribution in [-0.2, 0) is 13.2 Å². The first-order valence-corrected chi connectivity index (χ1v) is 9.06. The predicted molar refractivity (Wildman–Crippen MR) is 103 cm³/mol. The summed E-state index contributed by atoms with van der Waals surface area (Å²) >= 11 is 12.3. The van der Waals surface area contributed by atoms with Gasteiger partial charge in [0, 0.05) is 47.4 Å². The van der Waals surface area contributed by atoms with Gasteiger partial charge in [0.2, 0.25) is 0 Å². The quantitative estimate of drug-likeness (QED) is 0.549. The van der Waals surface area contributed by atoms with Crippen LogP contribution in [0.2, 0.25) is 10.0 Å². The highest BCUT2D eigenvalue weighted by Crippen LogP contribution is 2.25. The molecule has 0 spiro atoms. The van der Waals surface area contributed by atoms with E-state index in [4.69, 9.17) is 27.9 Å². The van der Waals surface area contributed by atoms with Crippen LogP contribution >= 0.6 is 23.2 Å². The number of aliphatic hydroxyl groups is 1. The maximum atomic E-state index is 9.20. The summed E-state index contributed by atoms with van der Waals surface area (Å²) in [6.45, 7) is 4.96. The van der Waals surface area contributed by atoms with Gasteiger partial charge in [0.25, 0.3) is 0 Å². The van der Waals surface area contributed by atoms with Crippen molar-refractivity contribution in [3.05, 3.63) is 63.6 Å². The van der Waals surface area contributed by atoms with E-state index in [0.717, 1.165) is 30.0 Å². The molecular formula is C19H24Cl2N2O2. The molecule has 0 bridgehead atoms. The summed E-state index contributed by atoms with van der Waals surface area (Å²) in [5, 5.41) is 17.1. The minimum Gasteiger partial charge on any atom is -0.489 e. The molecule has 136 valence electrons. The molecule has 1 atom stereocenters. The van der Waals surface area contributed by atoms with E-state index in [1.54, 1.807) is 6.92 Å². The second kappa shape index (κ2) is 10.6. The van der Waals surface area contributed by atoms with Gasteiger partial charge in [0.15, 0.2) is 0 Å². The summed E-state index contributed by atoms with van der Waals surface area (Å²) in [6, 6.07) is 13.2. The van der Waals surface area contributed by atoms with E-state index < -0.39 is 0 Å². The van der Waals surface area contributed by atoms with Crippen molar-refractivity contribution in [2.75, 3.05) is 19.6 Å². The molecule has 0 aromatic heterocycles. The lowest BCUT2D eigenvalue weighted by Gasteiger charge is -2.14. The first-order chi connectivity index (χ1) is 12.1. The highest BCUT2D eigenvalue weighted by molar-refractivity contribution is 6.31. The standard InChI is InChI=1S/C19H24Cl2N2O2/c1-14(24)11-22-8-9-23-12-16-10-17(20)6-7-19(16)25-13-15-4-2-3-5-18(15)21/h2-7,10,14,22-24H,8-9,11-13H2,1H3/t14-/m1/s1. The van der Waals surface area contributed by atoms with Gasteiger partial charge < -0.3 is 20.5 Å². The number of benzene rings is 2. The van der Waals surface area contributed by atoms with E-state index in [2.05, 4.69) is 10.6 Å². The van der Waals surface area contributed by atoms with Crippen molar-refractivity contribution in [3.8, 4) is 5.75 Å². The monoisotopic (exact) mass is 382 g/mol. The van der Waals surface area contributed by atoms with Crippen molar-refractivity contribution >= 4 is 23.2 Å². The lowest BCUT2D eigenvalue weighted by atomic mass is 10.2. The largest absolute Gasteiger partial charge is 0.489 e. The highest BCUT2D eigenvalue weighted by atomic mass is 35.5. The molecule has 0 fully saturated rings. The van der Waals surface area contributed by atoms with Crippen LogP contribution in [0, 0.1) is 0 Å². The first kappa shape index (κ1) is 20.0. The molecule has 0 amide bonds. The number of hydrogen-bond donors (Lipinski definition) is 3. The molecule has 0 saturated carbocycles. The molecule has 2 rings (SSSR count). The van der Waals surface area contributed by atoms with E-state index in [1.807, 2.05) is 42.5 Å². The van der Waals surface area contributed by atoms with E-state index in [1.165, 1.54) is 0 Å². The lowest BCUT2D eigenvalue weighted by Crippen LogP contribution is -2.31. The van der Waals surface area contributed by atoms with E-state index in [0.29, 0.717) is 29.7 Å². The molecule has 6 heteroatoms. The van der Waals surface area contributed by atoms with Gasteiger partial charge in [-0.15, -0.1) is 0 Å². The summed E-state index contributed by atoms with van der Waals surface area (Å²) in [6.07, 6.45) is -0.335. The molecule has 2 aromatic carbocycles. The van der Waals surface area contributed by atoms with Crippen LogP contribution in [-0.4, -0.2) is 30.8 Å². The molecule has 2 aromatic rings. The maximum Gasteiger partial charge on any atom is 0.124 e. The number of aliphatic hydroxyl groups excluding tert-OH is 1. The molecule has 0 aliphatic carbocycles. The van der Waals surface area contributed by atoms with Crippen molar-refractivity contribution in [1.29, 1.82) is 0 Å². The number of ether oxygens (including phenoxy) is 1. The Balaban J connectivity index is 1.87. The van der Waals surface area contributed by atoms with Crippen molar-refractivity contribution in [2.24, 2.45) is 0 Å². The molecule has 0 aliphatic heterocycles. The van der Waals surface area contributed by atoms with Gasteiger partial charge in [0.05, 0.1) is 6.10 Å². The second-order valence-electron chi connectivity index (χ2n) is 5.86. The Morgan fingerprint density at radius 1 is 1.04 bits per heavy atom. The molecule has 0 aliphatic rings. The summed E-state index contributed by atoms with van der Waals surface area (Å²) < 4.78 is 5.94. The molecule has 3 N–H and O–H groups in total. The zero-order chi connectivity index (χ0) is 18.1. The molecule has 0 unspecified atom stereocenters. The average molecular weight is 383 g/mol. The van der Waals surface area contributed by atoms with Crippen LogP contribution in [0.5, 0.6) is 5.75 Å². The maximum absolute atomic E-state index is 9.20. The minimum absolute atomic E-state index is 0.335. The Morgan fingerprint density at radius 2 is 1.80 bits per heavy atom. The smallest absolute Gasteiger partial charge is 0.124 e. The Morgan fingerprint density at radius 3 is 2.56 bits per heavy atom. The average Bonchev–Trinajstić information content (AvgIpc) is 2.58. The zero-order valence-electron chi connectivity index (χ0n) is 14.3. The van der Waals surface area contributed by atoms with Crippen LogP contribution in [0.15, 0.2) is 42.5 Å². The van der Waals surface area contributed by atoms with Gasteiger partial charge >= 0.3 is 0 Å². The zero-order valence-corrected chi connectivity index (χ0v) is 15.8. The van der Waals surface area contributed by atoms with Gasteiger partial charge in [0.1, 0.15) is 12.4 Å². The van der Waals surface area contributed by atoms with Crippen LogP contribution in [0.3, 0.4) is 0 Å². The molecular weight excluding hydrogens is 359 g/mol.